The van der Waals surface area contributed by atoms with Gasteiger partial charge in [-0.3, -0.25) is 0 Å². The summed E-state index contributed by atoms with van der Waals surface area (Å²) in [6, 6.07) is 14.6. The van der Waals surface area contributed by atoms with Gasteiger partial charge in [-0.2, -0.15) is 0 Å². The molecular formula is C21H25ClN3O2S+. The minimum absolute atomic E-state index is 0.297. The zero-order chi connectivity index (χ0) is 19.3. The van der Waals surface area contributed by atoms with Gasteiger partial charge in [0.2, 0.25) is 6.79 Å². The Bertz CT molecular complexity index is 823. The van der Waals surface area contributed by atoms with Gasteiger partial charge in [0, 0.05) is 36.0 Å². The molecule has 28 heavy (non-hydrogen) atoms. The van der Waals surface area contributed by atoms with Crippen molar-refractivity contribution in [1.29, 1.82) is 0 Å². The minimum Gasteiger partial charge on any atom is -0.454 e. The number of thiocarbonyl (C=S) groups is 1. The summed E-state index contributed by atoms with van der Waals surface area (Å²) in [6.45, 7) is 4.31. The van der Waals surface area contributed by atoms with E-state index in [0.29, 0.717) is 24.5 Å². The van der Waals surface area contributed by atoms with Crippen LogP contribution in [-0.2, 0) is 13.1 Å². The third kappa shape index (κ3) is 5.07. The summed E-state index contributed by atoms with van der Waals surface area (Å²) in [4.78, 5) is 1.61. The first kappa shape index (κ1) is 19.3. The summed E-state index contributed by atoms with van der Waals surface area (Å²) in [6.07, 6.45) is 2.24. The molecule has 3 N–H and O–H groups in total. The molecule has 5 nitrogen and oxygen atoms in total. The monoisotopic (exact) mass is 418 g/mol. The molecule has 1 saturated heterocycles. The van der Waals surface area contributed by atoms with E-state index in [4.69, 9.17) is 33.3 Å². The van der Waals surface area contributed by atoms with Crippen molar-refractivity contribution in [3.63, 3.8) is 0 Å². The first-order valence-corrected chi connectivity index (χ1v) is 10.5. The lowest BCUT2D eigenvalue weighted by atomic mass is 10.0. The van der Waals surface area contributed by atoms with Crippen molar-refractivity contribution >= 4 is 28.9 Å². The number of hydrogen-bond acceptors (Lipinski definition) is 3. The van der Waals surface area contributed by atoms with Crippen molar-refractivity contribution in [2.24, 2.45) is 0 Å². The normalized spacial score (nSPS) is 20.6. The molecule has 2 aliphatic rings. The Balaban J connectivity index is 1.18. The fourth-order valence-corrected chi connectivity index (χ4v) is 4.07. The van der Waals surface area contributed by atoms with Crippen LogP contribution < -0.4 is 25.0 Å². The Kier molecular flexibility index (Phi) is 6.20. The predicted octanol–water partition coefficient (Wildman–Crippen LogP) is 2.28. The first-order chi connectivity index (χ1) is 13.7. The van der Waals surface area contributed by atoms with Gasteiger partial charge in [-0.25, -0.2) is 0 Å². The molecule has 0 amide bonds. The quantitative estimate of drug-likeness (QED) is 0.650. The highest BCUT2D eigenvalue weighted by Gasteiger charge is 2.22. The molecule has 2 heterocycles. The van der Waals surface area contributed by atoms with Crippen LogP contribution >= 0.6 is 23.8 Å². The molecule has 0 radical (unpaired) electrons. The number of ether oxygens (including phenoxy) is 2. The highest BCUT2D eigenvalue weighted by molar-refractivity contribution is 7.80. The van der Waals surface area contributed by atoms with Gasteiger partial charge < -0.3 is 25.0 Å². The van der Waals surface area contributed by atoms with Crippen molar-refractivity contribution in [3.8, 4) is 11.5 Å². The molecule has 148 valence electrons. The lowest BCUT2D eigenvalue weighted by molar-refractivity contribution is -0.918. The zero-order valence-electron chi connectivity index (χ0n) is 15.7. The van der Waals surface area contributed by atoms with E-state index in [1.807, 2.05) is 30.3 Å². The molecule has 1 fully saturated rings. The summed E-state index contributed by atoms with van der Waals surface area (Å²) in [5, 5.41) is 8.27. The summed E-state index contributed by atoms with van der Waals surface area (Å²) >= 11 is 11.4. The van der Waals surface area contributed by atoms with Crippen LogP contribution in [-0.4, -0.2) is 31.0 Å². The Hall–Kier alpha value is -2.02. The van der Waals surface area contributed by atoms with Crippen molar-refractivity contribution in [3.05, 3.63) is 58.6 Å². The summed E-state index contributed by atoms with van der Waals surface area (Å²) < 4.78 is 10.8. The van der Waals surface area contributed by atoms with Gasteiger partial charge in [0.05, 0.1) is 13.1 Å². The first-order valence-electron chi connectivity index (χ1n) is 9.66. The van der Waals surface area contributed by atoms with E-state index < -0.39 is 0 Å². The maximum absolute atomic E-state index is 5.97. The van der Waals surface area contributed by atoms with Crippen LogP contribution in [0.25, 0.3) is 0 Å². The maximum Gasteiger partial charge on any atom is 0.231 e. The van der Waals surface area contributed by atoms with Gasteiger partial charge in [0.1, 0.15) is 6.54 Å². The number of nitrogens with one attached hydrogen (secondary N) is 3. The molecule has 0 spiro atoms. The van der Waals surface area contributed by atoms with Crippen LogP contribution in [0.4, 0.5) is 0 Å². The molecule has 2 aromatic carbocycles. The van der Waals surface area contributed by atoms with E-state index in [1.165, 1.54) is 5.56 Å². The standard InChI is InChI=1S/C21H24ClN3O2S/c22-17-4-1-15(2-5-17)13-25-9-7-18(8-10-25)24-21(28)23-12-16-3-6-19-20(11-16)27-14-26-19/h1-6,11,18H,7-10,12-14H2,(H2,23,24,28)/p+1. The van der Waals surface area contributed by atoms with E-state index in [1.54, 1.807) is 4.90 Å². The Morgan fingerprint density at radius 1 is 1.04 bits per heavy atom. The molecule has 2 aromatic rings. The van der Waals surface area contributed by atoms with Crippen LogP contribution in [0.15, 0.2) is 42.5 Å². The number of quaternary nitrogens is 1. The molecule has 7 heteroatoms. The molecule has 0 unspecified atom stereocenters. The van der Waals surface area contributed by atoms with Gasteiger partial charge in [-0.1, -0.05) is 29.8 Å². The summed E-state index contributed by atoms with van der Waals surface area (Å²) in [5.74, 6) is 1.60. The number of likely N-dealkylation sites (tertiary alicyclic amines) is 1. The third-order valence-electron chi connectivity index (χ3n) is 5.29. The maximum atomic E-state index is 5.97. The number of hydrogen-bond donors (Lipinski definition) is 3. The summed E-state index contributed by atoms with van der Waals surface area (Å²) in [7, 11) is 0. The fourth-order valence-electron chi connectivity index (χ4n) is 3.71. The van der Waals surface area contributed by atoms with Crippen molar-refractivity contribution in [2.75, 3.05) is 19.9 Å². The number of halogens is 1. The average Bonchev–Trinajstić information content (AvgIpc) is 3.17. The third-order valence-corrected chi connectivity index (χ3v) is 5.80. The van der Waals surface area contributed by atoms with Gasteiger partial charge >= 0.3 is 0 Å². The van der Waals surface area contributed by atoms with Crippen molar-refractivity contribution < 1.29 is 14.4 Å². The highest BCUT2D eigenvalue weighted by atomic mass is 35.5. The van der Waals surface area contributed by atoms with Crippen LogP contribution in [0, 0.1) is 0 Å². The Morgan fingerprint density at radius 2 is 1.75 bits per heavy atom. The second-order valence-electron chi connectivity index (χ2n) is 7.34. The second kappa shape index (κ2) is 8.99. The summed E-state index contributed by atoms with van der Waals surface area (Å²) in [5.41, 5.74) is 2.46. The molecule has 0 saturated carbocycles. The predicted molar refractivity (Wildman–Crippen MR) is 114 cm³/mol. The zero-order valence-corrected chi connectivity index (χ0v) is 17.2. The highest BCUT2D eigenvalue weighted by Crippen LogP contribution is 2.32. The molecule has 0 aliphatic carbocycles. The number of rotatable bonds is 5. The van der Waals surface area contributed by atoms with E-state index in [9.17, 15) is 0 Å². The van der Waals surface area contributed by atoms with E-state index >= 15 is 0 Å². The molecular weight excluding hydrogens is 394 g/mol. The fraction of sp³-hybridized carbons (Fsp3) is 0.381. The van der Waals surface area contributed by atoms with E-state index in [-0.39, 0.29) is 0 Å². The molecule has 4 rings (SSSR count). The number of piperidine rings is 1. The molecule has 2 aliphatic heterocycles. The topological polar surface area (TPSA) is 47.0 Å². The molecule has 0 atom stereocenters. The van der Waals surface area contributed by atoms with E-state index in [2.05, 4.69) is 22.8 Å². The van der Waals surface area contributed by atoms with Crippen LogP contribution in [0.5, 0.6) is 11.5 Å². The largest absolute Gasteiger partial charge is 0.454 e. The Labute approximate surface area is 176 Å². The SMILES string of the molecule is S=C(NCc1ccc2c(c1)OCO2)NC1CC[NH+](Cc2ccc(Cl)cc2)CC1. The van der Waals surface area contributed by atoms with Crippen LogP contribution in [0.3, 0.4) is 0 Å². The van der Waals surface area contributed by atoms with Crippen LogP contribution in [0.1, 0.15) is 24.0 Å². The molecule has 0 aromatic heterocycles. The Morgan fingerprint density at radius 3 is 2.54 bits per heavy atom. The van der Waals surface area contributed by atoms with Gasteiger partial charge in [0.15, 0.2) is 16.6 Å². The number of fused-ring (bicyclic) bond motifs is 1. The van der Waals surface area contributed by atoms with Crippen molar-refractivity contribution in [2.45, 2.75) is 32.0 Å². The lowest BCUT2D eigenvalue weighted by Crippen LogP contribution is -3.12. The lowest BCUT2D eigenvalue weighted by Gasteiger charge is -2.30. The van der Waals surface area contributed by atoms with Crippen molar-refractivity contribution in [1.82, 2.24) is 10.6 Å². The van der Waals surface area contributed by atoms with Crippen LogP contribution in [0.2, 0.25) is 5.02 Å². The van der Waals surface area contributed by atoms with Gasteiger partial charge in [-0.05, 0) is 42.0 Å². The average molecular weight is 419 g/mol. The van der Waals surface area contributed by atoms with Gasteiger partial charge in [0.25, 0.3) is 0 Å². The minimum atomic E-state index is 0.297. The van der Waals surface area contributed by atoms with E-state index in [0.717, 1.165) is 54.6 Å². The van der Waals surface area contributed by atoms with Gasteiger partial charge in [-0.15, -0.1) is 0 Å². The number of benzene rings is 2. The second-order valence-corrected chi connectivity index (χ2v) is 8.19. The molecule has 0 bridgehead atoms. The smallest absolute Gasteiger partial charge is 0.231 e.